The molecule has 8 nitrogen and oxygen atoms in total. The number of hydrogen-bond acceptors (Lipinski definition) is 6. The number of nitriles is 1. The van der Waals surface area contributed by atoms with Crippen molar-refractivity contribution >= 4 is 23.0 Å². The molecule has 1 amide bonds. The van der Waals surface area contributed by atoms with Gasteiger partial charge < -0.3 is 9.30 Å². The molecule has 0 saturated heterocycles. The minimum atomic E-state index is -0.182. The highest BCUT2D eigenvalue weighted by Gasteiger charge is 2.16. The maximum absolute atomic E-state index is 11.7. The lowest BCUT2D eigenvalue weighted by atomic mass is 10.2. The highest BCUT2D eigenvalue weighted by Crippen LogP contribution is 2.22. The predicted molar refractivity (Wildman–Crippen MR) is 98.2 cm³/mol. The lowest BCUT2D eigenvalue weighted by molar-refractivity contribution is -0.118. The van der Waals surface area contributed by atoms with Gasteiger partial charge in [0.25, 0.3) is 0 Å². The van der Waals surface area contributed by atoms with Crippen LogP contribution in [0.4, 0.5) is 5.95 Å². The molecule has 1 N–H and O–H groups in total. The summed E-state index contributed by atoms with van der Waals surface area (Å²) in [5.41, 5.74) is 1.05. The molecule has 2 aromatic rings. The van der Waals surface area contributed by atoms with Crippen LogP contribution in [0.5, 0.6) is 5.88 Å². The van der Waals surface area contributed by atoms with E-state index in [9.17, 15) is 4.79 Å². The molecular weight excluding hydrogens is 320 g/mol. The molecule has 0 atom stereocenters. The molecule has 0 radical (unpaired) electrons. The van der Waals surface area contributed by atoms with Crippen LogP contribution in [0.2, 0.25) is 0 Å². The van der Waals surface area contributed by atoms with E-state index < -0.39 is 0 Å². The van der Waals surface area contributed by atoms with Crippen molar-refractivity contribution in [2.24, 2.45) is 13.0 Å². The van der Waals surface area contributed by atoms with Crippen LogP contribution in [-0.2, 0) is 11.8 Å². The van der Waals surface area contributed by atoms with Crippen molar-refractivity contribution in [1.29, 1.82) is 5.26 Å². The Kier molecular flexibility index (Phi) is 10.5. The minimum absolute atomic E-state index is 0.164. The van der Waals surface area contributed by atoms with Gasteiger partial charge in [0.15, 0.2) is 11.2 Å². The second kappa shape index (κ2) is 11.8. The molecule has 0 saturated carbocycles. The van der Waals surface area contributed by atoms with Gasteiger partial charge in [0, 0.05) is 13.0 Å². The zero-order valence-electron chi connectivity index (χ0n) is 16.1. The van der Waals surface area contributed by atoms with E-state index in [2.05, 4.69) is 20.3 Å². The number of rotatable bonds is 5. The number of amides is 1. The van der Waals surface area contributed by atoms with E-state index in [0.29, 0.717) is 11.2 Å². The number of nitrogens with zero attached hydrogens (tertiary/aromatic N) is 5. The van der Waals surface area contributed by atoms with E-state index in [1.165, 1.54) is 0 Å². The average Bonchev–Trinajstić information content (AvgIpc) is 3.00. The molecule has 0 unspecified atom stereocenters. The lowest BCUT2D eigenvalue weighted by Gasteiger charge is -2.09. The second-order valence-corrected chi connectivity index (χ2v) is 4.78. The normalized spacial score (nSPS) is 9.40. The third-order valence-corrected chi connectivity index (χ3v) is 2.74. The van der Waals surface area contributed by atoms with Crippen LogP contribution in [0.3, 0.4) is 0 Å². The summed E-state index contributed by atoms with van der Waals surface area (Å²) in [5.74, 6) is 0.0601. The summed E-state index contributed by atoms with van der Waals surface area (Å²) in [6.45, 7) is 11.8. The Morgan fingerprint density at radius 2 is 1.96 bits per heavy atom. The van der Waals surface area contributed by atoms with Gasteiger partial charge in [-0.1, -0.05) is 41.5 Å². The maximum Gasteiger partial charge on any atom is 0.247 e. The van der Waals surface area contributed by atoms with E-state index >= 15 is 0 Å². The summed E-state index contributed by atoms with van der Waals surface area (Å²) in [6.07, 6.45) is 1.83. The fourth-order valence-electron chi connectivity index (χ4n) is 1.59. The Labute approximate surface area is 149 Å². The maximum atomic E-state index is 11.7. The number of hydrogen-bond donors (Lipinski definition) is 1. The fraction of sp³-hybridized carbons (Fsp3) is 0.588. The molecule has 2 rings (SSSR count). The first-order valence-electron chi connectivity index (χ1n) is 8.52. The SMILES string of the molecule is CC.CC.CC(C)C(=O)Nc1nc(OCCC#N)c2ncn(C)c2n1. The monoisotopic (exact) mass is 348 g/mol. The first-order chi connectivity index (χ1) is 12.0. The number of ether oxygens (including phenoxy) is 1. The van der Waals surface area contributed by atoms with E-state index in [1.807, 2.05) is 33.8 Å². The van der Waals surface area contributed by atoms with Crippen LogP contribution >= 0.6 is 0 Å². The number of carbonyl (C=O) groups is 1. The molecular formula is C17H28N6O2. The number of carbonyl (C=O) groups excluding carboxylic acids is 1. The summed E-state index contributed by atoms with van der Waals surface area (Å²) in [5, 5.41) is 11.2. The molecule has 25 heavy (non-hydrogen) atoms. The number of aromatic nitrogens is 4. The van der Waals surface area contributed by atoms with Gasteiger partial charge >= 0.3 is 0 Å². The van der Waals surface area contributed by atoms with Gasteiger partial charge in [-0.05, 0) is 0 Å². The Bertz CT molecular complexity index is 703. The third-order valence-electron chi connectivity index (χ3n) is 2.74. The molecule has 0 aromatic carbocycles. The molecule has 0 aliphatic rings. The topological polar surface area (TPSA) is 106 Å². The number of aryl methyl sites for hydroxylation is 1. The molecule has 0 fully saturated rings. The summed E-state index contributed by atoms with van der Waals surface area (Å²) in [7, 11) is 1.79. The summed E-state index contributed by atoms with van der Waals surface area (Å²) >= 11 is 0. The highest BCUT2D eigenvalue weighted by atomic mass is 16.5. The number of fused-ring (bicyclic) bond motifs is 1. The van der Waals surface area contributed by atoms with Gasteiger partial charge in [0.05, 0.1) is 18.8 Å². The molecule has 138 valence electrons. The minimum Gasteiger partial charge on any atom is -0.475 e. The van der Waals surface area contributed by atoms with Gasteiger partial charge in [-0.25, -0.2) is 4.98 Å². The van der Waals surface area contributed by atoms with Crippen molar-refractivity contribution in [3.05, 3.63) is 6.33 Å². The van der Waals surface area contributed by atoms with E-state index in [4.69, 9.17) is 10.00 Å². The number of imidazole rings is 1. The Morgan fingerprint density at radius 1 is 1.32 bits per heavy atom. The first kappa shape index (κ1) is 22.3. The predicted octanol–water partition coefficient (Wildman–Crippen LogP) is 3.30. The Hall–Kier alpha value is -2.69. The van der Waals surface area contributed by atoms with Gasteiger partial charge in [0.1, 0.15) is 6.61 Å². The quantitative estimate of drug-likeness (QED) is 0.831. The highest BCUT2D eigenvalue weighted by molar-refractivity contribution is 5.91. The van der Waals surface area contributed by atoms with Crippen LogP contribution < -0.4 is 10.1 Å². The van der Waals surface area contributed by atoms with Crippen molar-refractivity contribution in [2.45, 2.75) is 48.0 Å². The summed E-state index contributed by atoms with van der Waals surface area (Å²) in [6, 6.07) is 1.99. The molecule has 0 bridgehead atoms. The van der Waals surface area contributed by atoms with E-state index in [-0.39, 0.29) is 36.7 Å². The molecule has 0 aliphatic carbocycles. The van der Waals surface area contributed by atoms with Crippen molar-refractivity contribution in [2.75, 3.05) is 11.9 Å². The van der Waals surface area contributed by atoms with E-state index in [0.717, 1.165) is 0 Å². The average molecular weight is 348 g/mol. The van der Waals surface area contributed by atoms with Crippen LogP contribution in [0, 0.1) is 17.2 Å². The molecule has 2 aromatic heterocycles. The third kappa shape index (κ3) is 6.37. The molecule has 0 spiro atoms. The van der Waals surface area contributed by atoms with Gasteiger partial charge in [-0.15, -0.1) is 0 Å². The van der Waals surface area contributed by atoms with Gasteiger partial charge in [-0.2, -0.15) is 15.2 Å². The largest absolute Gasteiger partial charge is 0.475 e. The van der Waals surface area contributed by atoms with Gasteiger partial charge in [-0.3, -0.25) is 10.1 Å². The molecule has 8 heteroatoms. The smallest absolute Gasteiger partial charge is 0.247 e. The standard InChI is InChI=1S/C13H16N6O2.2C2H6/c1-8(2)11(20)17-13-16-10-9(15-7-19(10)3)12(18-13)21-6-4-5-14;2*1-2/h7-8H,4,6H2,1-3H3,(H,16,17,18,20);2*1-2H3. The summed E-state index contributed by atoms with van der Waals surface area (Å²) in [4.78, 5) is 24.3. The number of nitrogens with one attached hydrogen (secondary N) is 1. The van der Waals surface area contributed by atoms with Crippen molar-refractivity contribution < 1.29 is 9.53 Å². The van der Waals surface area contributed by atoms with Crippen LogP contribution in [-0.4, -0.2) is 32.0 Å². The zero-order valence-corrected chi connectivity index (χ0v) is 16.1. The molecule has 0 aliphatic heterocycles. The first-order valence-corrected chi connectivity index (χ1v) is 8.52. The molecule has 2 heterocycles. The van der Waals surface area contributed by atoms with Crippen molar-refractivity contribution in [3.8, 4) is 11.9 Å². The lowest BCUT2D eigenvalue weighted by Crippen LogP contribution is -2.19. The Balaban J connectivity index is 0.00000134. The van der Waals surface area contributed by atoms with E-state index in [1.54, 1.807) is 31.8 Å². The van der Waals surface area contributed by atoms with Gasteiger partial charge in [0.2, 0.25) is 17.7 Å². The fourth-order valence-corrected chi connectivity index (χ4v) is 1.59. The van der Waals surface area contributed by atoms with Crippen molar-refractivity contribution in [3.63, 3.8) is 0 Å². The number of anilines is 1. The van der Waals surface area contributed by atoms with Crippen LogP contribution in [0.1, 0.15) is 48.0 Å². The zero-order chi connectivity index (χ0) is 19.4. The summed E-state index contributed by atoms with van der Waals surface area (Å²) < 4.78 is 7.16. The van der Waals surface area contributed by atoms with Crippen molar-refractivity contribution in [1.82, 2.24) is 19.5 Å². The van der Waals surface area contributed by atoms with Crippen LogP contribution in [0.15, 0.2) is 6.33 Å². The van der Waals surface area contributed by atoms with Crippen LogP contribution in [0.25, 0.3) is 11.2 Å². The second-order valence-electron chi connectivity index (χ2n) is 4.78. The Morgan fingerprint density at radius 3 is 2.52 bits per heavy atom.